The number of para-hydroxylation sites is 1. The maximum atomic E-state index is 12.7. The summed E-state index contributed by atoms with van der Waals surface area (Å²) < 4.78 is 0.662. The summed E-state index contributed by atoms with van der Waals surface area (Å²) in [5, 5.41) is 5.55. The molecule has 3 aromatic carbocycles. The van der Waals surface area contributed by atoms with Gasteiger partial charge in [-0.25, -0.2) is 0 Å². The number of hydrogen-bond acceptors (Lipinski definition) is 3. The minimum Gasteiger partial charge on any atom is -0.322 e. The Morgan fingerprint density at radius 3 is 2.11 bits per heavy atom. The maximum Gasteiger partial charge on any atom is 0.257 e. The van der Waals surface area contributed by atoms with Crippen molar-refractivity contribution in [2.24, 2.45) is 0 Å². The molecule has 3 aromatic rings. The Hall–Kier alpha value is -3.25. The van der Waals surface area contributed by atoms with Gasteiger partial charge in [0, 0.05) is 15.7 Å². The smallest absolute Gasteiger partial charge is 0.257 e. The monoisotopic (exact) mass is 436 g/mol. The molecule has 6 heteroatoms. The maximum absolute atomic E-state index is 12.7. The van der Waals surface area contributed by atoms with Crippen LogP contribution in [0.4, 0.5) is 11.4 Å². The first-order valence-corrected chi connectivity index (χ1v) is 9.32. The average Bonchev–Trinajstić information content (AvgIpc) is 2.68. The summed E-state index contributed by atoms with van der Waals surface area (Å²) in [4.78, 5) is 36.8. The quantitative estimate of drug-likeness (QED) is 0.542. The molecule has 0 fully saturated rings. The van der Waals surface area contributed by atoms with Crippen LogP contribution in [0, 0.1) is 0 Å². The number of nitrogens with one attached hydrogen (secondary N) is 2. The number of benzene rings is 3. The Labute approximate surface area is 170 Å². The molecule has 0 saturated carbocycles. The Balaban J connectivity index is 1.83. The predicted molar refractivity (Wildman–Crippen MR) is 113 cm³/mol. The number of carbonyl (C=O) groups is 3. The van der Waals surface area contributed by atoms with Crippen molar-refractivity contribution >= 4 is 44.9 Å². The van der Waals surface area contributed by atoms with Crippen LogP contribution in [0.3, 0.4) is 0 Å². The molecule has 0 aromatic heterocycles. The third kappa shape index (κ3) is 4.53. The number of rotatable bonds is 5. The second-order valence-corrected chi connectivity index (χ2v) is 6.93. The Morgan fingerprint density at radius 2 is 1.39 bits per heavy atom. The lowest BCUT2D eigenvalue weighted by Crippen LogP contribution is -2.18. The van der Waals surface area contributed by atoms with Crippen LogP contribution in [0.25, 0.3) is 0 Å². The van der Waals surface area contributed by atoms with Gasteiger partial charge >= 0.3 is 0 Å². The number of hydrogen-bond donors (Lipinski definition) is 2. The van der Waals surface area contributed by atoms with Crippen molar-refractivity contribution in [1.29, 1.82) is 0 Å². The van der Waals surface area contributed by atoms with Gasteiger partial charge in [0.25, 0.3) is 11.8 Å². The van der Waals surface area contributed by atoms with Crippen molar-refractivity contribution in [2.45, 2.75) is 6.92 Å². The highest BCUT2D eigenvalue weighted by molar-refractivity contribution is 9.10. The molecule has 5 nitrogen and oxygen atoms in total. The van der Waals surface area contributed by atoms with Gasteiger partial charge < -0.3 is 10.6 Å². The van der Waals surface area contributed by atoms with Gasteiger partial charge in [-0.05, 0) is 59.3 Å². The highest BCUT2D eigenvalue weighted by Crippen LogP contribution is 2.21. The Bertz CT molecular complexity index is 1060. The molecule has 28 heavy (non-hydrogen) atoms. The SMILES string of the molecule is CC(=O)c1cccc(NC(=O)c2ccccc2NC(=O)c2ccccc2Br)c1. The third-order valence-corrected chi connectivity index (χ3v) is 4.76. The molecule has 0 saturated heterocycles. The fourth-order valence-electron chi connectivity index (χ4n) is 2.64. The van der Waals surface area contributed by atoms with E-state index in [1.807, 2.05) is 6.07 Å². The van der Waals surface area contributed by atoms with Crippen molar-refractivity contribution in [2.75, 3.05) is 10.6 Å². The fraction of sp³-hybridized carbons (Fsp3) is 0.0455. The van der Waals surface area contributed by atoms with Crippen LogP contribution in [-0.4, -0.2) is 17.6 Å². The van der Waals surface area contributed by atoms with Crippen molar-refractivity contribution in [1.82, 2.24) is 0 Å². The summed E-state index contributed by atoms with van der Waals surface area (Å²) in [7, 11) is 0. The highest BCUT2D eigenvalue weighted by Gasteiger charge is 2.16. The van der Waals surface area contributed by atoms with Crippen LogP contribution < -0.4 is 10.6 Å². The van der Waals surface area contributed by atoms with Gasteiger partial charge in [0.1, 0.15) is 0 Å². The minimum atomic E-state index is -0.385. The van der Waals surface area contributed by atoms with E-state index in [1.54, 1.807) is 66.7 Å². The first-order valence-electron chi connectivity index (χ1n) is 8.53. The van der Waals surface area contributed by atoms with Crippen LogP contribution >= 0.6 is 15.9 Å². The van der Waals surface area contributed by atoms with Crippen LogP contribution in [0.5, 0.6) is 0 Å². The number of halogens is 1. The van der Waals surface area contributed by atoms with E-state index < -0.39 is 0 Å². The lowest BCUT2D eigenvalue weighted by molar-refractivity contribution is 0.100. The van der Waals surface area contributed by atoms with Crippen molar-refractivity contribution < 1.29 is 14.4 Å². The summed E-state index contributed by atoms with van der Waals surface area (Å²) in [6.45, 7) is 1.47. The molecular weight excluding hydrogens is 420 g/mol. The number of carbonyl (C=O) groups excluding carboxylic acids is 3. The van der Waals surface area contributed by atoms with Gasteiger partial charge in [-0.3, -0.25) is 14.4 Å². The van der Waals surface area contributed by atoms with Crippen LogP contribution in [0.2, 0.25) is 0 Å². The third-order valence-electron chi connectivity index (χ3n) is 4.07. The largest absolute Gasteiger partial charge is 0.322 e. The second-order valence-electron chi connectivity index (χ2n) is 6.07. The van der Waals surface area contributed by atoms with Gasteiger partial charge in [-0.1, -0.05) is 36.4 Å². The van der Waals surface area contributed by atoms with Gasteiger partial charge in [0.05, 0.1) is 16.8 Å². The van der Waals surface area contributed by atoms with Crippen molar-refractivity contribution in [3.63, 3.8) is 0 Å². The Morgan fingerprint density at radius 1 is 0.750 bits per heavy atom. The molecule has 3 rings (SSSR count). The summed E-state index contributed by atoms with van der Waals surface area (Å²) >= 11 is 3.35. The normalized spacial score (nSPS) is 10.2. The van der Waals surface area contributed by atoms with E-state index in [9.17, 15) is 14.4 Å². The molecule has 0 atom stereocenters. The summed E-state index contributed by atoms with van der Waals surface area (Å²) in [6.07, 6.45) is 0. The van der Waals surface area contributed by atoms with E-state index in [4.69, 9.17) is 0 Å². The molecule has 2 N–H and O–H groups in total. The van der Waals surface area contributed by atoms with E-state index in [1.165, 1.54) is 6.92 Å². The van der Waals surface area contributed by atoms with Crippen LogP contribution in [-0.2, 0) is 0 Å². The highest BCUT2D eigenvalue weighted by atomic mass is 79.9. The molecule has 0 aliphatic heterocycles. The lowest BCUT2D eigenvalue weighted by atomic mass is 10.1. The van der Waals surface area contributed by atoms with Gasteiger partial charge in [0.2, 0.25) is 0 Å². The summed E-state index contributed by atoms with van der Waals surface area (Å²) in [6, 6.07) is 20.5. The average molecular weight is 437 g/mol. The van der Waals surface area contributed by atoms with Crippen LogP contribution in [0.15, 0.2) is 77.3 Å². The zero-order chi connectivity index (χ0) is 20.1. The fourth-order valence-corrected chi connectivity index (χ4v) is 3.10. The van der Waals surface area contributed by atoms with Gasteiger partial charge in [-0.2, -0.15) is 0 Å². The molecule has 2 amide bonds. The zero-order valence-corrected chi connectivity index (χ0v) is 16.6. The number of amides is 2. The van der Waals surface area contributed by atoms with E-state index in [2.05, 4.69) is 26.6 Å². The first kappa shape index (κ1) is 19.5. The molecule has 0 unspecified atom stereocenters. The minimum absolute atomic E-state index is 0.0859. The number of Topliss-reactive ketones (excluding diaryl/α,β-unsaturated/α-hetero) is 1. The van der Waals surface area contributed by atoms with Gasteiger partial charge in [-0.15, -0.1) is 0 Å². The Kier molecular flexibility index (Phi) is 6.01. The molecule has 0 radical (unpaired) electrons. The molecule has 0 aliphatic carbocycles. The first-order chi connectivity index (χ1) is 13.5. The number of anilines is 2. The van der Waals surface area contributed by atoms with Gasteiger partial charge in [0.15, 0.2) is 5.78 Å². The molecule has 0 spiro atoms. The van der Waals surface area contributed by atoms with Crippen LogP contribution in [0.1, 0.15) is 38.0 Å². The van der Waals surface area contributed by atoms with E-state index in [-0.39, 0.29) is 17.6 Å². The zero-order valence-electron chi connectivity index (χ0n) is 15.0. The number of ketones is 1. The second kappa shape index (κ2) is 8.63. The standard InChI is InChI=1S/C22H17BrN2O3/c1-14(26)15-7-6-8-16(13-15)24-22(28)18-10-3-5-12-20(18)25-21(27)17-9-2-4-11-19(17)23/h2-13H,1H3,(H,24,28)(H,25,27). The van der Waals surface area contributed by atoms with E-state index >= 15 is 0 Å². The predicted octanol–water partition coefficient (Wildman–Crippen LogP) is 5.16. The summed E-state index contributed by atoms with van der Waals surface area (Å²) in [5.41, 5.74) is 2.18. The molecule has 140 valence electrons. The van der Waals surface area contributed by atoms with E-state index in [0.29, 0.717) is 32.5 Å². The lowest BCUT2D eigenvalue weighted by Gasteiger charge is -2.12. The molecule has 0 bridgehead atoms. The topological polar surface area (TPSA) is 75.3 Å². The summed E-state index contributed by atoms with van der Waals surface area (Å²) in [5.74, 6) is -0.799. The van der Waals surface area contributed by atoms with Crippen molar-refractivity contribution in [3.05, 3.63) is 94.0 Å². The van der Waals surface area contributed by atoms with Crippen molar-refractivity contribution in [3.8, 4) is 0 Å². The molecule has 0 aliphatic rings. The van der Waals surface area contributed by atoms with E-state index in [0.717, 1.165) is 0 Å². The molecule has 0 heterocycles. The molecular formula is C22H17BrN2O3.